The normalized spacial score (nSPS) is 25.2. The van der Waals surface area contributed by atoms with E-state index in [-0.39, 0.29) is 0 Å². The van der Waals surface area contributed by atoms with Gasteiger partial charge in [0.25, 0.3) is 0 Å². The third kappa shape index (κ3) is 2.41. The minimum Gasteiger partial charge on any atom is -0.341 e. The molecule has 2 aliphatic heterocycles. The van der Waals surface area contributed by atoms with Gasteiger partial charge in [-0.15, -0.1) is 0 Å². The monoisotopic (exact) mass is 248 g/mol. The first-order valence-corrected chi connectivity index (χ1v) is 6.82. The zero-order valence-electron chi connectivity index (χ0n) is 10.7. The fourth-order valence-corrected chi connectivity index (χ4v) is 2.93. The standard InChI is InChI=1S/C13H20N4O/c18-13-3-1-6-16(13)10-9-15-8-4-12(11-15)17-7-2-5-14-17/h2,5,7,12H,1,3-4,6,8-11H2. The SMILES string of the molecule is O=C1CCCN1CCN1CCC(n2cccn2)C1. The maximum Gasteiger partial charge on any atom is 0.222 e. The summed E-state index contributed by atoms with van der Waals surface area (Å²) in [7, 11) is 0. The van der Waals surface area contributed by atoms with Crippen molar-refractivity contribution < 1.29 is 4.79 Å². The summed E-state index contributed by atoms with van der Waals surface area (Å²) in [4.78, 5) is 16.0. The average molecular weight is 248 g/mol. The van der Waals surface area contributed by atoms with Crippen LogP contribution in [0, 0.1) is 0 Å². The van der Waals surface area contributed by atoms with Gasteiger partial charge in [-0.1, -0.05) is 0 Å². The smallest absolute Gasteiger partial charge is 0.222 e. The van der Waals surface area contributed by atoms with Crippen molar-refractivity contribution in [1.82, 2.24) is 19.6 Å². The predicted octanol–water partition coefficient (Wildman–Crippen LogP) is 0.752. The summed E-state index contributed by atoms with van der Waals surface area (Å²) in [6.45, 7) is 5.03. The van der Waals surface area contributed by atoms with Crippen LogP contribution in [0.4, 0.5) is 0 Å². The fraction of sp³-hybridized carbons (Fsp3) is 0.692. The van der Waals surface area contributed by atoms with Gasteiger partial charge >= 0.3 is 0 Å². The van der Waals surface area contributed by atoms with Crippen LogP contribution in [0.5, 0.6) is 0 Å². The lowest BCUT2D eigenvalue weighted by atomic mass is 10.3. The van der Waals surface area contributed by atoms with Crippen LogP contribution < -0.4 is 0 Å². The van der Waals surface area contributed by atoms with Gasteiger partial charge in [0, 0.05) is 51.5 Å². The Hall–Kier alpha value is -1.36. The Labute approximate surface area is 107 Å². The minimum atomic E-state index is 0.331. The average Bonchev–Trinajstić information content (AvgIpc) is 3.08. The molecular weight excluding hydrogens is 228 g/mol. The molecule has 1 unspecified atom stereocenters. The Morgan fingerprint density at radius 3 is 3.00 bits per heavy atom. The van der Waals surface area contributed by atoms with Gasteiger partial charge in [-0.05, 0) is 18.9 Å². The number of carbonyl (C=O) groups is 1. The lowest BCUT2D eigenvalue weighted by Crippen LogP contribution is -2.34. The number of hydrogen-bond acceptors (Lipinski definition) is 3. The minimum absolute atomic E-state index is 0.331. The molecule has 2 fully saturated rings. The second-order valence-corrected chi connectivity index (χ2v) is 5.21. The summed E-state index contributed by atoms with van der Waals surface area (Å²) in [6.07, 6.45) is 6.82. The molecule has 1 aromatic heterocycles. The van der Waals surface area contributed by atoms with E-state index in [0.717, 1.165) is 52.0 Å². The maximum absolute atomic E-state index is 11.5. The molecule has 0 N–H and O–H groups in total. The quantitative estimate of drug-likeness (QED) is 0.789. The molecule has 0 radical (unpaired) electrons. The Bertz CT molecular complexity index is 403. The highest BCUT2D eigenvalue weighted by molar-refractivity contribution is 5.78. The second-order valence-electron chi connectivity index (χ2n) is 5.21. The van der Waals surface area contributed by atoms with Gasteiger partial charge in [0.1, 0.15) is 0 Å². The predicted molar refractivity (Wildman–Crippen MR) is 68.1 cm³/mol. The molecule has 1 aromatic rings. The molecule has 0 aliphatic carbocycles. The molecule has 0 saturated carbocycles. The number of rotatable bonds is 4. The molecule has 2 aliphatic rings. The number of hydrogen-bond donors (Lipinski definition) is 0. The maximum atomic E-state index is 11.5. The molecule has 3 rings (SSSR count). The number of likely N-dealkylation sites (tertiary alicyclic amines) is 2. The zero-order chi connectivity index (χ0) is 12.4. The molecule has 0 spiro atoms. The summed E-state index contributed by atoms with van der Waals surface area (Å²) in [6, 6.07) is 2.49. The van der Waals surface area contributed by atoms with E-state index in [9.17, 15) is 4.79 Å². The Balaban J connectivity index is 1.46. The molecule has 0 aromatic carbocycles. The molecule has 3 heterocycles. The van der Waals surface area contributed by atoms with Gasteiger partial charge in [0.05, 0.1) is 6.04 Å². The Morgan fingerprint density at radius 2 is 2.28 bits per heavy atom. The molecule has 1 amide bonds. The zero-order valence-corrected chi connectivity index (χ0v) is 10.7. The summed E-state index contributed by atoms with van der Waals surface area (Å²) < 4.78 is 2.06. The van der Waals surface area contributed by atoms with E-state index in [4.69, 9.17) is 0 Å². The van der Waals surface area contributed by atoms with Crippen molar-refractivity contribution in [2.75, 3.05) is 32.7 Å². The lowest BCUT2D eigenvalue weighted by Gasteiger charge is -2.21. The van der Waals surface area contributed by atoms with Gasteiger partial charge in [-0.25, -0.2) is 0 Å². The highest BCUT2D eigenvalue weighted by atomic mass is 16.2. The molecule has 98 valence electrons. The molecular formula is C13H20N4O. The fourth-order valence-electron chi connectivity index (χ4n) is 2.93. The summed E-state index contributed by atoms with van der Waals surface area (Å²) in [5, 5.41) is 4.31. The molecule has 2 saturated heterocycles. The van der Waals surface area contributed by atoms with Crippen LogP contribution in [-0.4, -0.2) is 58.2 Å². The largest absolute Gasteiger partial charge is 0.341 e. The molecule has 1 atom stereocenters. The molecule has 5 nitrogen and oxygen atoms in total. The Kier molecular flexibility index (Phi) is 3.32. The lowest BCUT2D eigenvalue weighted by molar-refractivity contribution is -0.127. The summed E-state index contributed by atoms with van der Waals surface area (Å²) in [5.41, 5.74) is 0. The van der Waals surface area contributed by atoms with Crippen LogP contribution in [0.2, 0.25) is 0 Å². The Morgan fingerprint density at radius 1 is 1.33 bits per heavy atom. The van der Waals surface area contributed by atoms with Gasteiger partial charge in [0.2, 0.25) is 5.91 Å². The van der Waals surface area contributed by atoms with Crippen LogP contribution in [0.1, 0.15) is 25.3 Å². The van der Waals surface area contributed by atoms with Gasteiger partial charge in [-0.2, -0.15) is 5.10 Å². The van der Waals surface area contributed by atoms with Crippen molar-refractivity contribution >= 4 is 5.91 Å². The number of amides is 1. The molecule has 0 bridgehead atoms. The first-order chi connectivity index (χ1) is 8.83. The molecule has 18 heavy (non-hydrogen) atoms. The first kappa shape index (κ1) is 11.7. The number of aromatic nitrogens is 2. The van der Waals surface area contributed by atoms with Crippen molar-refractivity contribution in [2.24, 2.45) is 0 Å². The highest BCUT2D eigenvalue weighted by Gasteiger charge is 2.25. The van der Waals surface area contributed by atoms with Crippen molar-refractivity contribution in [2.45, 2.75) is 25.3 Å². The van der Waals surface area contributed by atoms with E-state index in [1.54, 1.807) is 0 Å². The van der Waals surface area contributed by atoms with Crippen molar-refractivity contribution in [1.29, 1.82) is 0 Å². The second kappa shape index (κ2) is 5.10. The van der Waals surface area contributed by atoms with E-state index >= 15 is 0 Å². The topological polar surface area (TPSA) is 41.4 Å². The van der Waals surface area contributed by atoms with Crippen LogP contribution in [0.3, 0.4) is 0 Å². The van der Waals surface area contributed by atoms with E-state index in [2.05, 4.69) is 14.7 Å². The number of nitrogens with zero attached hydrogens (tertiary/aromatic N) is 4. The van der Waals surface area contributed by atoms with E-state index in [0.29, 0.717) is 11.9 Å². The van der Waals surface area contributed by atoms with Gasteiger partial charge < -0.3 is 4.90 Å². The first-order valence-electron chi connectivity index (χ1n) is 6.82. The van der Waals surface area contributed by atoms with Crippen molar-refractivity contribution in [3.63, 3.8) is 0 Å². The third-order valence-electron chi connectivity index (χ3n) is 4.00. The van der Waals surface area contributed by atoms with Crippen LogP contribution in [0.25, 0.3) is 0 Å². The summed E-state index contributed by atoms with van der Waals surface area (Å²) in [5.74, 6) is 0.331. The molecule has 5 heteroatoms. The van der Waals surface area contributed by atoms with E-state index in [1.807, 2.05) is 23.4 Å². The highest BCUT2D eigenvalue weighted by Crippen LogP contribution is 2.20. The van der Waals surface area contributed by atoms with E-state index in [1.165, 1.54) is 0 Å². The van der Waals surface area contributed by atoms with Crippen molar-refractivity contribution in [3.8, 4) is 0 Å². The summed E-state index contributed by atoms with van der Waals surface area (Å²) >= 11 is 0. The van der Waals surface area contributed by atoms with Gasteiger partial charge in [0.15, 0.2) is 0 Å². The van der Waals surface area contributed by atoms with E-state index < -0.39 is 0 Å². The van der Waals surface area contributed by atoms with Crippen LogP contribution in [0.15, 0.2) is 18.5 Å². The number of carbonyl (C=O) groups excluding carboxylic acids is 1. The third-order valence-corrected chi connectivity index (χ3v) is 4.00. The van der Waals surface area contributed by atoms with Crippen LogP contribution in [-0.2, 0) is 4.79 Å². The van der Waals surface area contributed by atoms with Gasteiger partial charge in [-0.3, -0.25) is 14.4 Å². The van der Waals surface area contributed by atoms with Crippen LogP contribution >= 0.6 is 0 Å². The van der Waals surface area contributed by atoms with Crippen molar-refractivity contribution in [3.05, 3.63) is 18.5 Å².